The van der Waals surface area contributed by atoms with Crippen LogP contribution in [0.1, 0.15) is 57.7 Å². The molecule has 3 aromatic rings. The van der Waals surface area contributed by atoms with Gasteiger partial charge in [0, 0.05) is 11.1 Å². The second kappa shape index (κ2) is 5.74. The van der Waals surface area contributed by atoms with E-state index in [9.17, 15) is 19.8 Å². The molecule has 1 aromatic carbocycles. The zero-order valence-corrected chi connectivity index (χ0v) is 15.2. The van der Waals surface area contributed by atoms with Crippen LogP contribution in [0, 0.1) is 6.92 Å². The summed E-state index contributed by atoms with van der Waals surface area (Å²) in [6.07, 6.45) is 0. The minimum Gasteiger partial charge on any atom is -0.507 e. The van der Waals surface area contributed by atoms with Gasteiger partial charge in [-0.25, -0.2) is 4.79 Å². The van der Waals surface area contributed by atoms with Gasteiger partial charge < -0.3 is 14.6 Å². The maximum Gasteiger partial charge on any atom is 0.372 e. The van der Waals surface area contributed by atoms with E-state index < -0.39 is 11.4 Å². The van der Waals surface area contributed by atoms with Crippen LogP contribution in [-0.2, 0) is 5.41 Å². The number of aromatic carboxylic acids is 1. The number of ketones is 1. The number of furan rings is 1. The Kier molecular flexibility index (Phi) is 3.95. The molecular formula is C19H18O5S. The first-order valence-electron chi connectivity index (χ1n) is 7.74. The van der Waals surface area contributed by atoms with E-state index in [0.717, 1.165) is 0 Å². The monoisotopic (exact) mass is 358 g/mol. The van der Waals surface area contributed by atoms with Gasteiger partial charge in [-0.1, -0.05) is 26.8 Å². The Balaban J connectivity index is 2.43. The van der Waals surface area contributed by atoms with Crippen molar-refractivity contribution in [1.82, 2.24) is 0 Å². The highest BCUT2D eigenvalue weighted by molar-refractivity contribution is 7.12. The molecule has 0 amide bonds. The lowest BCUT2D eigenvalue weighted by Crippen LogP contribution is -2.13. The normalized spacial score (nSPS) is 11.8. The van der Waals surface area contributed by atoms with Crippen LogP contribution in [0.15, 0.2) is 28.0 Å². The number of phenols is 1. The lowest BCUT2D eigenvalue weighted by atomic mass is 9.83. The number of thiophene rings is 1. The zero-order chi connectivity index (χ0) is 18.5. The Hall–Kier alpha value is -2.60. The third kappa shape index (κ3) is 2.72. The number of fused-ring (bicyclic) bond motifs is 1. The average molecular weight is 358 g/mol. The smallest absolute Gasteiger partial charge is 0.372 e. The molecule has 0 aliphatic carbocycles. The number of aryl methyl sites for hydroxylation is 1. The number of aromatic hydroxyl groups is 1. The highest BCUT2D eigenvalue weighted by Gasteiger charge is 2.30. The van der Waals surface area contributed by atoms with Gasteiger partial charge in [-0.3, -0.25) is 4.79 Å². The van der Waals surface area contributed by atoms with Crippen LogP contribution in [0.4, 0.5) is 0 Å². The van der Waals surface area contributed by atoms with Crippen molar-refractivity contribution in [2.45, 2.75) is 33.1 Å². The van der Waals surface area contributed by atoms with Gasteiger partial charge in [0.25, 0.3) is 0 Å². The molecule has 3 rings (SSSR count). The molecule has 2 heterocycles. The fraction of sp³-hybridized carbons (Fsp3) is 0.263. The Morgan fingerprint density at radius 3 is 2.44 bits per heavy atom. The van der Waals surface area contributed by atoms with Crippen molar-refractivity contribution in [3.63, 3.8) is 0 Å². The van der Waals surface area contributed by atoms with Gasteiger partial charge >= 0.3 is 5.97 Å². The van der Waals surface area contributed by atoms with E-state index in [-0.39, 0.29) is 33.8 Å². The first kappa shape index (κ1) is 17.2. The average Bonchev–Trinajstić information content (AvgIpc) is 3.14. The number of rotatable bonds is 3. The van der Waals surface area contributed by atoms with Crippen molar-refractivity contribution < 1.29 is 24.2 Å². The first-order valence-corrected chi connectivity index (χ1v) is 8.62. The third-order valence-electron chi connectivity index (χ3n) is 4.16. The number of carbonyl (C=O) groups is 2. The van der Waals surface area contributed by atoms with Gasteiger partial charge in [0.05, 0.1) is 15.8 Å². The van der Waals surface area contributed by atoms with Gasteiger partial charge in [0.1, 0.15) is 11.3 Å². The van der Waals surface area contributed by atoms with Crippen LogP contribution in [-0.4, -0.2) is 22.0 Å². The standard InChI is InChI=1S/C19H18O5S/c1-9-13-15(21)11(19(2,3)4)8-10(14(20)12-6-5-7-25-12)17(13)24-16(9)18(22)23/h5-8,21H,1-4H3,(H,22,23). The molecule has 2 aromatic heterocycles. The van der Waals surface area contributed by atoms with Crippen molar-refractivity contribution in [3.8, 4) is 5.75 Å². The van der Waals surface area contributed by atoms with E-state index in [1.165, 1.54) is 11.3 Å². The third-order valence-corrected chi connectivity index (χ3v) is 5.03. The summed E-state index contributed by atoms with van der Waals surface area (Å²) in [6, 6.07) is 5.08. The maximum atomic E-state index is 12.9. The van der Waals surface area contributed by atoms with Gasteiger partial charge in [-0.2, -0.15) is 0 Å². The quantitative estimate of drug-likeness (QED) is 0.661. The summed E-state index contributed by atoms with van der Waals surface area (Å²) in [5.74, 6) is -1.80. The van der Waals surface area contributed by atoms with Crippen molar-refractivity contribution >= 4 is 34.1 Å². The largest absolute Gasteiger partial charge is 0.507 e. The lowest BCUT2D eigenvalue weighted by molar-refractivity contribution is 0.0663. The van der Waals surface area contributed by atoms with E-state index in [4.69, 9.17) is 4.42 Å². The number of phenolic OH excluding ortho intramolecular Hbond substituents is 1. The molecule has 0 aliphatic rings. The van der Waals surface area contributed by atoms with E-state index >= 15 is 0 Å². The van der Waals surface area contributed by atoms with Gasteiger partial charge in [0.2, 0.25) is 11.5 Å². The van der Waals surface area contributed by atoms with Gasteiger partial charge in [-0.15, -0.1) is 11.3 Å². The molecule has 0 radical (unpaired) electrons. The highest BCUT2D eigenvalue weighted by Crippen LogP contribution is 2.42. The zero-order valence-electron chi connectivity index (χ0n) is 14.3. The molecule has 0 unspecified atom stereocenters. The molecule has 0 atom stereocenters. The summed E-state index contributed by atoms with van der Waals surface area (Å²) in [5, 5.41) is 22.2. The number of hydrogen-bond acceptors (Lipinski definition) is 5. The Labute approximate surface area is 148 Å². The van der Waals surface area contributed by atoms with Crippen LogP contribution in [0.2, 0.25) is 0 Å². The molecular weight excluding hydrogens is 340 g/mol. The van der Waals surface area contributed by atoms with E-state index in [2.05, 4.69) is 0 Å². The van der Waals surface area contributed by atoms with Crippen molar-refractivity contribution in [1.29, 1.82) is 0 Å². The molecule has 5 nitrogen and oxygen atoms in total. The van der Waals surface area contributed by atoms with E-state index in [0.29, 0.717) is 16.0 Å². The summed E-state index contributed by atoms with van der Waals surface area (Å²) in [4.78, 5) is 24.9. The molecule has 25 heavy (non-hydrogen) atoms. The molecule has 0 fully saturated rings. The predicted molar refractivity (Wildman–Crippen MR) is 96.0 cm³/mol. The summed E-state index contributed by atoms with van der Waals surface area (Å²) < 4.78 is 5.48. The molecule has 2 N–H and O–H groups in total. The molecule has 0 aliphatic heterocycles. The highest BCUT2D eigenvalue weighted by atomic mass is 32.1. The Morgan fingerprint density at radius 1 is 1.24 bits per heavy atom. The predicted octanol–water partition coefficient (Wildman–Crippen LogP) is 4.74. The van der Waals surface area contributed by atoms with Crippen LogP contribution < -0.4 is 0 Å². The van der Waals surface area contributed by atoms with Crippen molar-refractivity contribution in [2.75, 3.05) is 0 Å². The van der Waals surface area contributed by atoms with Crippen molar-refractivity contribution in [3.05, 3.63) is 50.9 Å². The first-order chi connectivity index (χ1) is 11.6. The number of carboxylic acid groups (broad SMARTS) is 1. The molecule has 130 valence electrons. The second-order valence-corrected chi connectivity index (χ2v) is 7.89. The van der Waals surface area contributed by atoms with Crippen LogP contribution in [0.3, 0.4) is 0 Å². The van der Waals surface area contributed by atoms with Crippen LogP contribution in [0.5, 0.6) is 5.75 Å². The Bertz CT molecular complexity index is 987. The van der Waals surface area contributed by atoms with Gasteiger partial charge in [0.15, 0.2) is 0 Å². The van der Waals surface area contributed by atoms with Crippen LogP contribution >= 0.6 is 11.3 Å². The van der Waals surface area contributed by atoms with E-state index in [1.807, 2.05) is 20.8 Å². The maximum absolute atomic E-state index is 12.9. The fourth-order valence-corrected chi connectivity index (χ4v) is 3.56. The minimum absolute atomic E-state index is 0.0426. The summed E-state index contributed by atoms with van der Waals surface area (Å²) in [5.41, 5.74) is 0.817. The second-order valence-electron chi connectivity index (χ2n) is 6.94. The lowest BCUT2D eigenvalue weighted by Gasteiger charge is -2.21. The van der Waals surface area contributed by atoms with Crippen LogP contribution in [0.25, 0.3) is 11.0 Å². The minimum atomic E-state index is -1.24. The summed E-state index contributed by atoms with van der Waals surface area (Å²) in [6.45, 7) is 7.32. The SMILES string of the molecule is Cc1c(C(=O)O)oc2c(C(=O)c3cccs3)cc(C(C)(C)C)c(O)c12. The molecule has 0 spiro atoms. The number of carboxylic acids is 1. The number of carbonyl (C=O) groups excluding carboxylic acids is 1. The summed E-state index contributed by atoms with van der Waals surface area (Å²) >= 11 is 1.30. The fourth-order valence-electron chi connectivity index (χ4n) is 2.89. The van der Waals surface area contributed by atoms with Gasteiger partial charge in [-0.05, 0) is 29.9 Å². The molecule has 0 bridgehead atoms. The van der Waals surface area contributed by atoms with Crippen molar-refractivity contribution in [2.24, 2.45) is 0 Å². The summed E-state index contributed by atoms with van der Waals surface area (Å²) in [7, 11) is 0. The molecule has 0 saturated heterocycles. The topological polar surface area (TPSA) is 87.7 Å². The number of hydrogen-bond donors (Lipinski definition) is 2. The Morgan fingerprint density at radius 2 is 1.92 bits per heavy atom. The number of benzene rings is 1. The molecule has 0 saturated carbocycles. The molecule has 6 heteroatoms. The van der Waals surface area contributed by atoms with E-state index in [1.54, 1.807) is 30.5 Å².